The van der Waals surface area contributed by atoms with Crippen LogP contribution in [-0.2, 0) is 12.8 Å². The average Bonchev–Trinajstić information content (AvgIpc) is 2.85. The molecule has 0 heterocycles. The molecule has 0 unspecified atom stereocenters. The molecule has 0 saturated carbocycles. The van der Waals surface area contributed by atoms with Crippen molar-refractivity contribution in [2.24, 2.45) is 0 Å². The second-order valence-corrected chi connectivity index (χ2v) is 13.1. The number of phenolic OH excluding ortho intramolecular Hbond substituents is 2. The van der Waals surface area contributed by atoms with Gasteiger partial charge in [-0.3, -0.25) is 20.2 Å². The first kappa shape index (κ1) is 30.5. The lowest BCUT2D eigenvalue weighted by Gasteiger charge is -2.05. The third-order valence-electron chi connectivity index (χ3n) is 5.10. The number of nitrogens with zero attached hydrogens (tertiary/aromatic N) is 2. The molecule has 0 amide bonds. The van der Waals surface area contributed by atoms with E-state index in [0.29, 0.717) is 0 Å². The molecule has 0 fully saturated rings. The van der Waals surface area contributed by atoms with Gasteiger partial charge in [0, 0.05) is 23.6 Å². The van der Waals surface area contributed by atoms with Crippen molar-refractivity contribution in [3.8, 4) is 11.5 Å². The maximum Gasteiger partial charge on any atom is 0.310 e. The summed E-state index contributed by atoms with van der Waals surface area (Å²) in [7, 11) is 3.84. The van der Waals surface area contributed by atoms with Crippen LogP contribution in [0.3, 0.4) is 0 Å². The SMILES string of the molecule is O=[N+]([O-])c1cc(CCCSCCCSSCCCSCCCc2ccc(O)c([N+](=O)[O-])c2)ccc1O. The van der Waals surface area contributed by atoms with Gasteiger partial charge in [0.25, 0.3) is 0 Å². The van der Waals surface area contributed by atoms with Crippen LogP contribution in [0.2, 0.25) is 0 Å². The van der Waals surface area contributed by atoms with Crippen molar-refractivity contribution in [3.05, 3.63) is 67.8 Å². The number of benzene rings is 2. The highest BCUT2D eigenvalue weighted by Gasteiger charge is 2.14. The van der Waals surface area contributed by atoms with Crippen LogP contribution in [0, 0.1) is 20.2 Å². The molecule has 0 aliphatic heterocycles. The summed E-state index contributed by atoms with van der Waals surface area (Å²) in [5.74, 6) is 5.96. The van der Waals surface area contributed by atoms with E-state index in [1.165, 1.54) is 24.3 Å². The van der Waals surface area contributed by atoms with Crippen molar-refractivity contribution < 1.29 is 20.1 Å². The molecule has 0 aromatic heterocycles. The predicted octanol–water partition coefficient (Wildman–Crippen LogP) is 7.11. The van der Waals surface area contributed by atoms with Gasteiger partial charge in [0.15, 0.2) is 11.5 Å². The molecule has 0 spiro atoms. The highest BCUT2D eigenvalue weighted by atomic mass is 33.1. The monoisotopic (exact) mass is 572 g/mol. The van der Waals surface area contributed by atoms with Gasteiger partial charge in [0.05, 0.1) is 9.85 Å². The van der Waals surface area contributed by atoms with E-state index in [-0.39, 0.29) is 22.9 Å². The Kier molecular flexibility index (Phi) is 14.9. The van der Waals surface area contributed by atoms with Gasteiger partial charge in [-0.2, -0.15) is 23.5 Å². The molecule has 2 N–H and O–H groups in total. The molecule has 0 atom stereocenters. The van der Waals surface area contributed by atoms with E-state index < -0.39 is 9.85 Å². The number of nitro benzene ring substituents is 2. The van der Waals surface area contributed by atoms with E-state index >= 15 is 0 Å². The first-order valence-electron chi connectivity index (χ1n) is 11.7. The van der Waals surface area contributed by atoms with Gasteiger partial charge in [-0.15, -0.1) is 0 Å². The molecule has 0 aliphatic carbocycles. The Labute approximate surface area is 228 Å². The fraction of sp³-hybridized carbons (Fsp3) is 0.500. The molecule has 2 aromatic rings. The molecule has 0 bridgehead atoms. The van der Waals surface area contributed by atoms with Gasteiger partial charge in [-0.1, -0.05) is 33.7 Å². The number of rotatable bonds is 19. The molecule has 0 saturated heterocycles. The van der Waals surface area contributed by atoms with E-state index in [2.05, 4.69) is 0 Å². The topological polar surface area (TPSA) is 127 Å². The maximum absolute atomic E-state index is 10.9. The fourth-order valence-electron chi connectivity index (χ4n) is 3.26. The second kappa shape index (κ2) is 17.7. The van der Waals surface area contributed by atoms with Crippen molar-refractivity contribution in [1.29, 1.82) is 0 Å². The minimum absolute atomic E-state index is 0.228. The van der Waals surface area contributed by atoms with Crippen LogP contribution in [0.1, 0.15) is 36.8 Å². The first-order valence-corrected chi connectivity index (χ1v) is 16.5. The quantitative estimate of drug-likeness (QED) is 0.0778. The van der Waals surface area contributed by atoms with Crippen LogP contribution in [0.25, 0.3) is 0 Å². The van der Waals surface area contributed by atoms with Gasteiger partial charge < -0.3 is 10.2 Å². The summed E-state index contributed by atoms with van der Waals surface area (Å²) in [5.41, 5.74) is 1.31. The minimum Gasteiger partial charge on any atom is -0.502 e. The summed E-state index contributed by atoms with van der Waals surface area (Å²) < 4.78 is 0. The van der Waals surface area contributed by atoms with Crippen LogP contribution in [0.4, 0.5) is 11.4 Å². The van der Waals surface area contributed by atoms with Crippen LogP contribution < -0.4 is 0 Å². The Balaban J connectivity index is 1.37. The van der Waals surface area contributed by atoms with Gasteiger partial charge in [0.1, 0.15) is 0 Å². The fourth-order valence-corrected chi connectivity index (χ4v) is 7.60. The third-order valence-corrected chi connectivity index (χ3v) is 9.98. The zero-order valence-electron chi connectivity index (χ0n) is 20.0. The zero-order chi connectivity index (χ0) is 26.2. The molecule has 2 rings (SSSR count). The smallest absolute Gasteiger partial charge is 0.310 e. The molecule has 0 radical (unpaired) electrons. The van der Waals surface area contributed by atoms with E-state index in [4.69, 9.17) is 0 Å². The van der Waals surface area contributed by atoms with Crippen molar-refractivity contribution in [2.75, 3.05) is 34.5 Å². The third kappa shape index (κ3) is 12.0. The lowest BCUT2D eigenvalue weighted by atomic mass is 10.1. The Morgan fingerprint density at radius 1 is 0.611 bits per heavy atom. The lowest BCUT2D eigenvalue weighted by Crippen LogP contribution is -1.94. The number of aryl methyl sites for hydroxylation is 2. The summed E-state index contributed by atoms with van der Waals surface area (Å²) in [6, 6.07) is 9.19. The highest BCUT2D eigenvalue weighted by molar-refractivity contribution is 8.76. The normalized spacial score (nSPS) is 11.0. The molecule has 198 valence electrons. The predicted molar refractivity (Wildman–Crippen MR) is 155 cm³/mol. The van der Waals surface area contributed by atoms with Crippen LogP contribution in [0.5, 0.6) is 11.5 Å². The van der Waals surface area contributed by atoms with Gasteiger partial charge >= 0.3 is 11.4 Å². The minimum atomic E-state index is -0.554. The number of phenols is 2. The van der Waals surface area contributed by atoms with E-state index in [1.807, 2.05) is 45.1 Å². The van der Waals surface area contributed by atoms with Gasteiger partial charge in [-0.25, -0.2) is 0 Å². The summed E-state index contributed by atoms with van der Waals surface area (Å²) in [5, 5.41) is 40.8. The van der Waals surface area contributed by atoms with Crippen molar-refractivity contribution >= 4 is 56.5 Å². The Morgan fingerprint density at radius 2 is 1.00 bits per heavy atom. The van der Waals surface area contributed by atoms with Crippen molar-refractivity contribution in [1.82, 2.24) is 0 Å². The zero-order valence-corrected chi connectivity index (χ0v) is 23.3. The molecule has 8 nitrogen and oxygen atoms in total. The van der Waals surface area contributed by atoms with Crippen LogP contribution in [-0.4, -0.2) is 54.6 Å². The lowest BCUT2D eigenvalue weighted by molar-refractivity contribution is -0.386. The van der Waals surface area contributed by atoms with Gasteiger partial charge in [-0.05, 0) is 84.8 Å². The molecule has 36 heavy (non-hydrogen) atoms. The van der Waals surface area contributed by atoms with Crippen LogP contribution in [0.15, 0.2) is 36.4 Å². The maximum atomic E-state index is 10.9. The summed E-state index contributed by atoms with van der Waals surface area (Å²) in [6.07, 6.45) is 5.79. The van der Waals surface area contributed by atoms with Crippen LogP contribution >= 0.6 is 45.1 Å². The molecule has 2 aromatic carbocycles. The van der Waals surface area contributed by atoms with E-state index in [9.17, 15) is 30.4 Å². The number of thioether (sulfide) groups is 2. The van der Waals surface area contributed by atoms with E-state index in [1.54, 1.807) is 12.1 Å². The number of hydrogen-bond donors (Lipinski definition) is 2. The highest BCUT2D eigenvalue weighted by Crippen LogP contribution is 2.28. The Hall–Kier alpha value is -1.76. The average molecular weight is 573 g/mol. The first-order chi connectivity index (χ1) is 17.4. The Morgan fingerprint density at radius 3 is 1.39 bits per heavy atom. The Bertz CT molecular complexity index is 902. The molecular weight excluding hydrogens is 541 g/mol. The van der Waals surface area contributed by atoms with Crippen molar-refractivity contribution in [2.45, 2.75) is 38.5 Å². The standard InChI is InChI=1S/C24H32N2O6S4/c27-23-9-7-19(17-21(23)25(29)30)5-1-11-33-13-3-15-35-36-16-4-14-34-12-2-6-20-8-10-24(28)22(18-20)26(31)32/h7-10,17-18,27-28H,1-6,11-16H2. The van der Waals surface area contributed by atoms with E-state index in [0.717, 1.165) is 84.2 Å². The number of aromatic hydroxyl groups is 2. The summed E-state index contributed by atoms with van der Waals surface area (Å²) in [4.78, 5) is 20.7. The summed E-state index contributed by atoms with van der Waals surface area (Å²) in [6.45, 7) is 0. The molecular formula is C24H32N2O6S4. The summed E-state index contributed by atoms with van der Waals surface area (Å²) >= 11 is 3.82. The molecule has 0 aliphatic rings. The van der Waals surface area contributed by atoms with Gasteiger partial charge in [0.2, 0.25) is 0 Å². The second-order valence-electron chi connectivity index (χ2n) is 7.94. The van der Waals surface area contributed by atoms with Crippen molar-refractivity contribution in [3.63, 3.8) is 0 Å². The molecule has 12 heteroatoms. The number of nitro groups is 2. The largest absolute Gasteiger partial charge is 0.502 e. The number of hydrogen-bond acceptors (Lipinski definition) is 10.